The van der Waals surface area contributed by atoms with E-state index >= 15 is 0 Å². The van der Waals surface area contributed by atoms with Crippen molar-refractivity contribution in [3.05, 3.63) is 59.3 Å². The third-order valence-corrected chi connectivity index (χ3v) is 3.67. The van der Waals surface area contributed by atoms with Gasteiger partial charge >= 0.3 is 0 Å². The van der Waals surface area contributed by atoms with E-state index in [1.165, 1.54) is 0 Å². The van der Waals surface area contributed by atoms with Crippen molar-refractivity contribution in [3.8, 4) is 0 Å². The van der Waals surface area contributed by atoms with Gasteiger partial charge in [0.15, 0.2) is 0 Å². The summed E-state index contributed by atoms with van der Waals surface area (Å²) < 4.78 is 0. The molecule has 1 aromatic heterocycles. The molecular formula is C18H20N4O. The molecule has 5 heteroatoms. The van der Waals surface area contributed by atoms with Gasteiger partial charge in [0, 0.05) is 17.6 Å². The second-order valence-electron chi connectivity index (χ2n) is 5.51. The molecule has 0 aliphatic rings. The van der Waals surface area contributed by atoms with E-state index in [9.17, 15) is 5.11 Å². The Balaban J connectivity index is 1.79. The van der Waals surface area contributed by atoms with Crippen molar-refractivity contribution in [2.24, 2.45) is 0 Å². The maximum Gasteiger partial charge on any atom is 0.102 e. The Bertz CT molecular complexity index is 836. The number of aromatic nitrogens is 2. The van der Waals surface area contributed by atoms with Crippen LogP contribution in [0.4, 0.5) is 5.69 Å². The predicted molar refractivity (Wildman–Crippen MR) is 94.4 cm³/mol. The molecule has 1 heterocycles. The molecule has 5 nitrogen and oxygen atoms in total. The molecule has 1 unspecified atom stereocenters. The van der Waals surface area contributed by atoms with Gasteiger partial charge in [-0.3, -0.25) is 10.4 Å². The highest BCUT2D eigenvalue weighted by atomic mass is 16.3. The summed E-state index contributed by atoms with van der Waals surface area (Å²) in [6, 6.07) is 13.9. The van der Waals surface area contributed by atoms with Crippen molar-refractivity contribution in [2.75, 3.05) is 5.73 Å². The van der Waals surface area contributed by atoms with Gasteiger partial charge in [-0.1, -0.05) is 36.4 Å². The summed E-state index contributed by atoms with van der Waals surface area (Å²) in [5, 5.41) is 20.6. The SMILES string of the molecule is CC(O)NCc1ccc(C=Cc2n[nH]c3ccccc23)c(N)c1. The zero-order valence-electron chi connectivity index (χ0n) is 13.0. The third-order valence-electron chi connectivity index (χ3n) is 3.67. The molecule has 0 aliphatic heterocycles. The molecule has 3 rings (SSSR count). The number of aromatic amines is 1. The Morgan fingerprint density at radius 3 is 2.87 bits per heavy atom. The van der Waals surface area contributed by atoms with Gasteiger partial charge in [-0.05, 0) is 36.3 Å². The summed E-state index contributed by atoms with van der Waals surface area (Å²) in [7, 11) is 0. The zero-order valence-corrected chi connectivity index (χ0v) is 13.0. The second kappa shape index (κ2) is 6.64. The quantitative estimate of drug-likeness (QED) is 0.431. The summed E-state index contributed by atoms with van der Waals surface area (Å²) in [6.45, 7) is 2.27. The summed E-state index contributed by atoms with van der Waals surface area (Å²) in [5.41, 5.74) is 10.7. The summed E-state index contributed by atoms with van der Waals surface area (Å²) >= 11 is 0. The average molecular weight is 308 g/mol. The molecule has 2 aromatic carbocycles. The van der Waals surface area contributed by atoms with Gasteiger partial charge in [0.25, 0.3) is 0 Å². The van der Waals surface area contributed by atoms with Crippen LogP contribution < -0.4 is 11.1 Å². The first-order valence-corrected chi connectivity index (χ1v) is 7.54. The van der Waals surface area contributed by atoms with Gasteiger partial charge in [0.1, 0.15) is 6.23 Å². The van der Waals surface area contributed by atoms with Crippen LogP contribution in [0.1, 0.15) is 23.7 Å². The van der Waals surface area contributed by atoms with E-state index in [1.54, 1.807) is 6.92 Å². The maximum absolute atomic E-state index is 9.25. The number of nitrogens with one attached hydrogen (secondary N) is 2. The van der Waals surface area contributed by atoms with Gasteiger partial charge in [0.2, 0.25) is 0 Å². The van der Waals surface area contributed by atoms with Gasteiger partial charge in [-0.15, -0.1) is 0 Å². The van der Waals surface area contributed by atoms with E-state index in [4.69, 9.17) is 5.73 Å². The first kappa shape index (κ1) is 15.3. The number of aliphatic hydroxyl groups excluding tert-OH is 1. The number of anilines is 1. The lowest BCUT2D eigenvalue weighted by molar-refractivity contribution is 0.155. The zero-order chi connectivity index (χ0) is 16.2. The van der Waals surface area contributed by atoms with Crippen LogP contribution in [-0.2, 0) is 6.54 Å². The second-order valence-corrected chi connectivity index (χ2v) is 5.51. The van der Waals surface area contributed by atoms with Crippen LogP contribution in [0.15, 0.2) is 42.5 Å². The minimum absolute atomic E-state index is 0.538. The van der Waals surface area contributed by atoms with Crippen molar-refractivity contribution in [2.45, 2.75) is 19.7 Å². The van der Waals surface area contributed by atoms with Gasteiger partial charge in [-0.25, -0.2) is 0 Å². The number of H-pyrrole nitrogens is 1. The van der Waals surface area contributed by atoms with Crippen molar-refractivity contribution in [1.29, 1.82) is 0 Å². The first-order valence-electron chi connectivity index (χ1n) is 7.54. The number of para-hydroxylation sites is 1. The van der Waals surface area contributed by atoms with Crippen molar-refractivity contribution < 1.29 is 5.11 Å². The van der Waals surface area contributed by atoms with Gasteiger partial charge < -0.3 is 10.8 Å². The van der Waals surface area contributed by atoms with Crippen LogP contribution in [0.25, 0.3) is 23.1 Å². The smallest absolute Gasteiger partial charge is 0.102 e. The fourth-order valence-electron chi connectivity index (χ4n) is 2.43. The summed E-state index contributed by atoms with van der Waals surface area (Å²) in [5.74, 6) is 0. The molecule has 0 fully saturated rings. The van der Waals surface area contributed by atoms with Crippen molar-refractivity contribution in [1.82, 2.24) is 15.5 Å². The van der Waals surface area contributed by atoms with E-state index in [1.807, 2.05) is 54.6 Å². The average Bonchev–Trinajstić information content (AvgIpc) is 2.95. The molecule has 0 bridgehead atoms. The van der Waals surface area contributed by atoms with Crippen LogP contribution in [0.2, 0.25) is 0 Å². The maximum atomic E-state index is 9.25. The van der Waals surface area contributed by atoms with Crippen LogP contribution in [0.5, 0.6) is 0 Å². The van der Waals surface area contributed by atoms with Crippen LogP contribution in [0.3, 0.4) is 0 Å². The number of rotatable bonds is 5. The number of benzene rings is 2. The van der Waals surface area contributed by atoms with E-state index in [2.05, 4.69) is 15.5 Å². The number of nitrogens with zero attached hydrogens (tertiary/aromatic N) is 1. The Hall–Kier alpha value is -2.63. The molecule has 0 amide bonds. The molecule has 5 N–H and O–H groups in total. The van der Waals surface area contributed by atoms with Crippen LogP contribution in [0, 0.1) is 0 Å². The normalized spacial score (nSPS) is 13.0. The predicted octanol–water partition coefficient (Wildman–Crippen LogP) is 2.74. The van der Waals surface area contributed by atoms with E-state index < -0.39 is 6.23 Å². The van der Waals surface area contributed by atoms with Gasteiger partial charge in [0.05, 0.1) is 11.2 Å². The van der Waals surface area contributed by atoms with E-state index in [0.29, 0.717) is 12.2 Å². The van der Waals surface area contributed by atoms with Crippen LogP contribution in [-0.4, -0.2) is 21.5 Å². The van der Waals surface area contributed by atoms with Gasteiger partial charge in [-0.2, -0.15) is 5.10 Å². The number of hydrogen-bond acceptors (Lipinski definition) is 4. The fraction of sp³-hybridized carbons (Fsp3) is 0.167. The highest BCUT2D eigenvalue weighted by Gasteiger charge is 2.03. The van der Waals surface area contributed by atoms with E-state index in [-0.39, 0.29) is 0 Å². The molecule has 0 spiro atoms. The molecule has 23 heavy (non-hydrogen) atoms. The number of nitrogen functional groups attached to an aromatic ring is 1. The molecule has 0 saturated heterocycles. The van der Waals surface area contributed by atoms with Crippen molar-refractivity contribution >= 4 is 28.7 Å². The lowest BCUT2D eigenvalue weighted by Gasteiger charge is -2.09. The monoisotopic (exact) mass is 308 g/mol. The minimum Gasteiger partial charge on any atom is -0.398 e. The number of hydrogen-bond donors (Lipinski definition) is 4. The molecule has 0 radical (unpaired) electrons. The minimum atomic E-state index is -0.538. The molecule has 1 atom stereocenters. The fourth-order valence-corrected chi connectivity index (χ4v) is 2.43. The Labute approximate surface area is 134 Å². The first-order chi connectivity index (χ1) is 11.1. The number of fused-ring (bicyclic) bond motifs is 1. The molecule has 0 aliphatic carbocycles. The summed E-state index contributed by atoms with van der Waals surface area (Å²) in [4.78, 5) is 0. The highest BCUT2D eigenvalue weighted by Crippen LogP contribution is 2.20. The lowest BCUT2D eigenvalue weighted by atomic mass is 10.1. The lowest BCUT2D eigenvalue weighted by Crippen LogP contribution is -2.24. The summed E-state index contributed by atoms with van der Waals surface area (Å²) in [6.07, 6.45) is 3.38. The largest absolute Gasteiger partial charge is 0.398 e. The van der Waals surface area contributed by atoms with Crippen molar-refractivity contribution in [3.63, 3.8) is 0 Å². The number of aliphatic hydroxyl groups is 1. The number of nitrogens with two attached hydrogens (primary N) is 1. The van der Waals surface area contributed by atoms with Crippen LogP contribution >= 0.6 is 0 Å². The third kappa shape index (κ3) is 3.59. The Kier molecular flexibility index (Phi) is 4.41. The topological polar surface area (TPSA) is 87.0 Å². The Morgan fingerprint density at radius 2 is 2.09 bits per heavy atom. The molecular weight excluding hydrogens is 288 g/mol. The highest BCUT2D eigenvalue weighted by molar-refractivity contribution is 5.90. The molecule has 118 valence electrons. The molecule has 3 aromatic rings. The standard InChI is InChI=1S/C18H20N4O/c1-12(23)20-11-13-6-7-14(16(19)10-13)8-9-18-15-4-2-3-5-17(15)21-22-18/h2-10,12,20,23H,11,19H2,1H3,(H,21,22). The molecule has 0 saturated carbocycles. The Morgan fingerprint density at radius 1 is 1.26 bits per heavy atom. The van der Waals surface area contributed by atoms with E-state index in [0.717, 1.165) is 27.7 Å².